The molecule has 96 valence electrons. The Morgan fingerprint density at radius 3 is 2.78 bits per heavy atom. The van der Waals surface area contributed by atoms with Gasteiger partial charge in [-0.25, -0.2) is 9.78 Å². The first-order chi connectivity index (χ1) is 8.38. The lowest BCUT2D eigenvalue weighted by Crippen LogP contribution is -2.31. The third-order valence-corrected chi connectivity index (χ3v) is 2.32. The van der Waals surface area contributed by atoms with Crippen molar-refractivity contribution < 1.29 is 22.7 Å². The van der Waals surface area contributed by atoms with Gasteiger partial charge in [-0.05, 0) is 19.1 Å². The number of halogens is 3. The number of ether oxygens (including phenoxy) is 1. The maximum atomic E-state index is 12.2. The van der Waals surface area contributed by atoms with E-state index in [4.69, 9.17) is 0 Å². The first-order valence-electron chi connectivity index (χ1n) is 5.09. The molecule has 0 spiro atoms. The highest BCUT2D eigenvalue weighted by Crippen LogP contribution is 2.23. The molecule has 0 bridgehead atoms. The van der Waals surface area contributed by atoms with Crippen molar-refractivity contribution >= 4 is 11.6 Å². The van der Waals surface area contributed by atoms with E-state index in [0.717, 1.165) is 6.92 Å². The molecule has 7 heteroatoms. The molecule has 2 heterocycles. The SMILES string of the molecule is CC(OC(=O)c1cn2ccccc2n1)C(F)(F)F. The maximum absolute atomic E-state index is 12.2. The van der Waals surface area contributed by atoms with Gasteiger partial charge in [-0.15, -0.1) is 0 Å². The lowest BCUT2D eigenvalue weighted by Gasteiger charge is -2.15. The number of aromatic nitrogens is 2. The summed E-state index contributed by atoms with van der Waals surface area (Å²) in [5.74, 6) is -1.09. The van der Waals surface area contributed by atoms with Gasteiger partial charge in [0.05, 0.1) is 0 Å². The van der Waals surface area contributed by atoms with Crippen molar-refractivity contribution in [1.82, 2.24) is 9.38 Å². The second kappa shape index (κ2) is 4.32. The molecule has 2 aromatic heterocycles. The fourth-order valence-electron chi connectivity index (χ4n) is 1.32. The smallest absolute Gasteiger partial charge is 0.425 e. The summed E-state index contributed by atoms with van der Waals surface area (Å²) in [6.07, 6.45) is -3.78. The molecule has 0 aliphatic rings. The standard InChI is InChI=1S/C11H9F3N2O2/c1-7(11(12,13)14)18-10(17)8-6-16-5-3-2-4-9(16)15-8/h2-7H,1H3. The van der Waals surface area contributed by atoms with E-state index in [1.165, 1.54) is 10.6 Å². The summed E-state index contributed by atoms with van der Waals surface area (Å²) in [5, 5.41) is 0. The quantitative estimate of drug-likeness (QED) is 0.777. The van der Waals surface area contributed by atoms with Crippen molar-refractivity contribution in [3.05, 3.63) is 36.3 Å². The van der Waals surface area contributed by atoms with Gasteiger partial charge in [0.1, 0.15) is 5.65 Å². The van der Waals surface area contributed by atoms with E-state index in [9.17, 15) is 18.0 Å². The van der Waals surface area contributed by atoms with Crippen LogP contribution in [0, 0.1) is 0 Å². The Kier molecular flexibility index (Phi) is 2.98. The van der Waals surface area contributed by atoms with Gasteiger partial charge in [0.15, 0.2) is 11.8 Å². The molecule has 4 nitrogen and oxygen atoms in total. The predicted octanol–water partition coefficient (Wildman–Crippen LogP) is 2.44. The Labute approximate surface area is 100 Å². The van der Waals surface area contributed by atoms with Gasteiger partial charge < -0.3 is 9.14 Å². The first-order valence-corrected chi connectivity index (χ1v) is 5.09. The highest BCUT2D eigenvalue weighted by molar-refractivity contribution is 5.88. The van der Waals surface area contributed by atoms with Gasteiger partial charge in [0.25, 0.3) is 0 Å². The number of hydrogen-bond acceptors (Lipinski definition) is 3. The summed E-state index contributed by atoms with van der Waals surface area (Å²) < 4.78 is 42.5. The molecular formula is C11H9F3N2O2. The van der Waals surface area contributed by atoms with E-state index < -0.39 is 18.2 Å². The molecule has 0 N–H and O–H groups in total. The molecule has 0 radical (unpaired) electrons. The molecule has 0 saturated heterocycles. The van der Waals surface area contributed by atoms with Crippen molar-refractivity contribution in [3.63, 3.8) is 0 Å². The summed E-state index contributed by atoms with van der Waals surface area (Å²) in [4.78, 5) is 15.3. The largest absolute Gasteiger partial charge is 0.448 e. The number of hydrogen-bond donors (Lipinski definition) is 0. The zero-order valence-electron chi connectivity index (χ0n) is 9.31. The molecule has 2 aromatic rings. The van der Waals surface area contributed by atoms with Crippen molar-refractivity contribution in [3.8, 4) is 0 Å². The molecule has 0 aliphatic carbocycles. The molecular weight excluding hydrogens is 249 g/mol. The van der Waals surface area contributed by atoms with Crippen LogP contribution in [0.2, 0.25) is 0 Å². The van der Waals surface area contributed by atoms with E-state index in [1.54, 1.807) is 24.4 Å². The van der Waals surface area contributed by atoms with Crippen LogP contribution in [0.3, 0.4) is 0 Å². The minimum absolute atomic E-state index is 0.155. The molecule has 0 aliphatic heterocycles. The number of alkyl halides is 3. The Hall–Kier alpha value is -2.05. The van der Waals surface area contributed by atoms with Gasteiger partial charge in [-0.2, -0.15) is 13.2 Å². The topological polar surface area (TPSA) is 43.6 Å². The third-order valence-electron chi connectivity index (χ3n) is 2.32. The average Bonchev–Trinajstić information content (AvgIpc) is 2.71. The van der Waals surface area contributed by atoms with Crippen LogP contribution >= 0.6 is 0 Å². The fourth-order valence-corrected chi connectivity index (χ4v) is 1.32. The van der Waals surface area contributed by atoms with Crippen molar-refractivity contribution in [2.24, 2.45) is 0 Å². The number of esters is 1. The summed E-state index contributed by atoms with van der Waals surface area (Å²) in [6.45, 7) is 0.772. The second-order valence-electron chi connectivity index (χ2n) is 3.68. The van der Waals surface area contributed by atoms with Crippen LogP contribution in [0.25, 0.3) is 5.65 Å². The predicted molar refractivity (Wildman–Crippen MR) is 56.1 cm³/mol. The van der Waals surface area contributed by atoms with E-state index in [0.29, 0.717) is 5.65 Å². The van der Waals surface area contributed by atoms with Gasteiger partial charge in [0.2, 0.25) is 0 Å². The van der Waals surface area contributed by atoms with Gasteiger partial charge >= 0.3 is 12.1 Å². The van der Waals surface area contributed by atoms with E-state index >= 15 is 0 Å². The van der Waals surface area contributed by atoms with E-state index in [1.807, 2.05) is 0 Å². The average molecular weight is 258 g/mol. The minimum atomic E-state index is -4.57. The number of rotatable bonds is 2. The van der Waals surface area contributed by atoms with Crippen LogP contribution in [-0.2, 0) is 4.74 Å². The number of carbonyl (C=O) groups is 1. The highest BCUT2D eigenvalue weighted by Gasteiger charge is 2.39. The number of fused-ring (bicyclic) bond motifs is 1. The minimum Gasteiger partial charge on any atom is -0.448 e. The van der Waals surface area contributed by atoms with Crippen molar-refractivity contribution in [2.75, 3.05) is 0 Å². The molecule has 1 atom stereocenters. The summed E-state index contributed by atoms with van der Waals surface area (Å²) in [6, 6.07) is 5.04. The van der Waals surface area contributed by atoms with Crippen LogP contribution in [-0.4, -0.2) is 27.6 Å². The Morgan fingerprint density at radius 1 is 1.44 bits per heavy atom. The molecule has 18 heavy (non-hydrogen) atoms. The number of imidazole rings is 1. The normalized spacial score (nSPS) is 13.6. The number of pyridine rings is 1. The van der Waals surface area contributed by atoms with Crippen LogP contribution in [0.15, 0.2) is 30.6 Å². The third kappa shape index (κ3) is 2.44. The number of nitrogens with zero attached hydrogens (tertiary/aromatic N) is 2. The monoisotopic (exact) mass is 258 g/mol. The Morgan fingerprint density at radius 2 is 2.17 bits per heavy atom. The van der Waals surface area contributed by atoms with Gasteiger partial charge in [-0.1, -0.05) is 6.07 Å². The first kappa shape index (κ1) is 12.4. The van der Waals surface area contributed by atoms with E-state index in [-0.39, 0.29) is 5.69 Å². The zero-order valence-corrected chi connectivity index (χ0v) is 9.31. The molecule has 0 fully saturated rings. The van der Waals surface area contributed by atoms with Crippen molar-refractivity contribution in [1.29, 1.82) is 0 Å². The summed E-state index contributed by atoms with van der Waals surface area (Å²) in [5.41, 5.74) is 0.307. The summed E-state index contributed by atoms with van der Waals surface area (Å²) in [7, 11) is 0. The number of carbonyl (C=O) groups excluding carboxylic acids is 1. The Bertz CT molecular complexity index is 544. The maximum Gasteiger partial charge on any atom is 0.425 e. The molecule has 0 aromatic carbocycles. The molecule has 1 unspecified atom stereocenters. The van der Waals surface area contributed by atoms with Crippen LogP contribution in [0.1, 0.15) is 17.4 Å². The zero-order chi connectivity index (χ0) is 13.3. The molecule has 0 amide bonds. The molecule has 0 saturated carbocycles. The second-order valence-corrected chi connectivity index (χ2v) is 3.68. The fraction of sp³-hybridized carbons (Fsp3) is 0.273. The Balaban J connectivity index is 2.19. The van der Waals surface area contributed by atoms with E-state index in [2.05, 4.69) is 9.72 Å². The highest BCUT2D eigenvalue weighted by atomic mass is 19.4. The van der Waals surface area contributed by atoms with Crippen molar-refractivity contribution in [2.45, 2.75) is 19.2 Å². The van der Waals surface area contributed by atoms with Crippen LogP contribution < -0.4 is 0 Å². The summed E-state index contributed by atoms with van der Waals surface area (Å²) >= 11 is 0. The lowest BCUT2D eigenvalue weighted by atomic mass is 10.4. The lowest BCUT2D eigenvalue weighted by molar-refractivity contribution is -0.198. The van der Waals surface area contributed by atoms with Gasteiger partial charge in [-0.3, -0.25) is 0 Å². The van der Waals surface area contributed by atoms with Gasteiger partial charge in [0, 0.05) is 12.4 Å². The molecule has 2 rings (SSSR count). The van der Waals surface area contributed by atoms with Crippen LogP contribution in [0.4, 0.5) is 13.2 Å². The van der Waals surface area contributed by atoms with Crippen LogP contribution in [0.5, 0.6) is 0 Å².